The Morgan fingerprint density at radius 2 is 1.76 bits per heavy atom. The molecule has 25 heavy (non-hydrogen) atoms. The quantitative estimate of drug-likeness (QED) is 0.698. The minimum Gasteiger partial charge on any atom is -0.370 e. The van der Waals surface area contributed by atoms with Gasteiger partial charge >= 0.3 is 0 Å². The van der Waals surface area contributed by atoms with Gasteiger partial charge in [-0.2, -0.15) is 5.10 Å². The van der Waals surface area contributed by atoms with E-state index in [-0.39, 0.29) is 0 Å². The van der Waals surface area contributed by atoms with E-state index in [0.29, 0.717) is 0 Å². The first-order chi connectivity index (χ1) is 12.1. The molecule has 1 N–H and O–H groups in total. The van der Waals surface area contributed by atoms with E-state index in [2.05, 4.69) is 73.2 Å². The number of anilines is 1. The molecule has 0 spiro atoms. The van der Waals surface area contributed by atoms with E-state index in [1.165, 1.54) is 46.5 Å². The number of fused-ring (bicyclic) bond motifs is 1. The van der Waals surface area contributed by atoms with Crippen LogP contribution in [-0.4, -0.2) is 16.3 Å². The zero-order valence-electron chi connectivity index (χ0n) is 15.3. The summed E-state index contributed by atoms with van der Waals surface area (Å²) in [5.74, 6) is 1.17. The fourth-order valence-electron chi connectivity index (χ4n) is 3.60. The largest absolute Gasteiger partial charge is 0.370 e. The molecule has 3 heteroatoms. The van der Waals surface area contributed by atoms with Crippen LogP contribution in [0, 0.1) is 20.8 Å². The van der Waals surface area contributed by atoms with Gasteiger partial charge in [0.15, 0.2) is 0 Å². The van der Waals surface area contributed by atoms with Crippen molar-refractivity contribution in [1.29, 1.82) is 0 Å². The third-order valence-electron chi connectivity index (χ3n) is 5.26. The van der Waals surface area contributed by atoms with Crippen molar-refractivity contribution >= 4 is 5.82 Å². The first-order valence-corrected chi connectivity index (χ1v) is 9.14. The third-order valence-corrected chi connectivity index (χ3v) is 5.26. The molecule has 0 saturated carbocycles. The summed E-state index contributed by atoms with van der Waals surface area (Å²) in [5.41, 5.74) is 8.74. The highest BCUT2D eigenvalue weighted by molar-refractivity contribution is 5.73. The van der Waals surface area contributed by atoms with Crippen LogP contribution in [0.15, 0.2) is 42.5 Å². The average molecular weight is 331 g/mol. The fraction of sp³-hybridized carbons (Fsp3) is 0.318. The number of aryl methyl sites for hydroxylation is 3. The highest BCUT2D eigenvalue weighted by Gasteiger charge is 2.22. The summed E-state index contributed by atoms with van der Waals surface area (Å²) < 4.78 is 2.11. The second-order valence-electron chi connectivity index (χ2n) is 7.05. The van der Waals surface area contributed by atoms with Crippen LogP contribution in [0.1, 0.15) is 35.1 Å². The normalized spacial score (nSPS) is 13.9. The molecule has 0 saturated heterocycles. The molecule has 0 radical (unpaired) electrons. The maximum atomic E-state index is 5.06. The van der Waals surface area contributed by atoms with Crippen LogP contribution >= 0.6 is 0 Å². The molecule has 3 aromatic rings. The number of benzene rings is 2. The highest BCUT2D eigenvalue weighted by atomic mass is 15.3. The molecule has 0 atom stereocenters. The Bertz CT molecular complexity index is 921. The number of hydrogen-bond acceptors (Lipinski definition) is 2. The Hall–Kier alpha value is -2.55. The number of nitrogens with zero attached hydrogens (tertiary/aromatic N) is 2. The van der Waals surface area contributed by atoms with Crippen LogP contribution in [0.5, 0.6) is 0 Å². The lowest BCUT2D eigenvalue weighted by molar-refractivity contribution is 0.780. The molecule has 2 heterocycles. The molecule has 1 aliphatic rings. The summed E-state index contributed by atoms with van der Waals surface area (Å²) in [7, 11) is 0. The van der Waals surface area contributed by atoms with E-state index >= 15 is 0 Å². The van der Waals surface area contributed by atoms with Gasteiger partial charge in [0.2, 0.25) is 0 Å². The lowest BCUT2D eigenvalue weighted by atomic mass is 10.00. The predicted molar refractivity (Wildman–Crippen MR) is 105 cm³/mol. The first kappa shape index (κ1) is 15.9. The van der Waals surface area contributed by atoms with Crippen molar-refractivity contribution in [3.63, 3.8) is 0 Å². The zero-order valence-corrected chi connectivity index (χ0v) is 15.3. The smallest absolute Gasteiger partial charge is 0.133 e. The summed E-state index contributed by atoms with van der Waals surface area (Å²) in [6, 6.07) is 15.1. The molecule has 128 valence electrons. The number of hydrogen-bond donors (Lipinski definition) is 1. The summed E-state index contributed by atoms with van der Waals surface area (Å²) in [5, 5.41) is 8.70. The van der Waals surface area contributed by atoms with Crippen molar-refractivity contribution in [3.05, 3.63) is 64.7 Å². The maximum Gasteiger partial charge on any atom is 0.133 e. The molecule has 0 bridgehead atoms. The lowest BCUT2D eigenvalue weighted by Crippen LogP contribution is -2.07. The first-order valence-electron chi connectivity index (χ1n) is 9.14. The molecule has 4 rings (SSSR count). The van der Waals surface area contributed by atoms with Crippen LogP contribution in [0.3, 0.4) is 0 Å². The van der Waals surface area contributed by atoms with Gasteiger partial charge in [0.1, 0.15) is 5.82 Å². The van der Waals surface area contributed by atoms with Gasteiger partial charge in [-0.3, -0.25) is 0 Å². The van der Waals surface area contributed by atoms with Crippen LogP contribution in [-0.2, 0) is 6.42 Å². The molecule has 0 aliphatic carbocycles. The van der Waals surface area contributed by atoms with E-state index in [9.17, 15) is 0 Å². The van der Waals surface area contributed by atoms with E-state index < -0.39 is 0 Å². The topological polar surface area (TPSA) is 29.9 Å². The highest BCUT2D eigenvalue weighted by Crippen LogP contribution is 2.35. The third kappa shape index (κ3) is 2.84. The second-order valence-corrected chi connectivity index (χ2v) is 7.05. The van der Waals surface area contributed by atoms with Gasteiger partial charge in [0.05, 0.1) is 11.4 Å². The Morgan fingerprint density at radius 3 is 2.56 bits per heavy atom. The van der Waals surface area contributed by atoms with Gasteiger partial charge in [-0.25, -0.2) is 4.68 Å². The van der Waals surface area contributed by atoms with E-state index in [1.54, 1.807) is 0 Å². The average Bonchev–Trinajstić information content (AvgIpc) is 2.79. The van der Waals surface area contributed by atoms with Crippen LogP contribution in [0.2, 0.25) is 0 Å². The molecule has 0 amide bonds. The van der Waals surface area contributed by atoms with Gasteiger partial charge in [-0.1, -0.05) is 30.3 Å². The summed E-state index contributed by atoms with van der Waals surface area (Å²) in [4.78, 5) is 0. The number of nitrogens with one attached hydrogen (secondary N) is 1. The molecular weight excluding hydrogens is 306 g/mol. The van der Waals surface area contributed by atoms with Gasteiger partial charge < -0.3 is 5.32 Å². The standard InChI is InChI=1S/C22H25N3/c1-15-11-12-18(14-17(15)3)25-22-20(10-6-7-13-23-22)21(24-25)19-9-5-4-8-16(19)2/h4-5,8-9,11-12,14,23H,6-7,10,13H2,1-3H3. The van der Waals surface area contributed by atoms with Crippen molar-refractivity contribution in [2.75, 3.05) is 11.9 Å². The zero-order chi connectivity index (χ0) is 17.4. The van der Waals surface area contributed by atoms with Gasteiger partial charge in [-0.05, 0) is 68.9 Å². The molecule has 1 aliphatic heterocycles. The molecule has 0 unspecified atom stereocenters. The van der Waals surface area contributed by atoms with E-state index in [4.69, 9.17) is 5.10 Å². The molecule has 2 aromatic carbocycles. The number of aromatic nitrogens is 2. The van der Waals surface area contributed by atoms with Crippen LogP contribution < -0.4 is 5.32 Å². The molecular formula is C22H25N3. The molecule has 3 nitrogen and oxygen atoms in total. The van der Waals surface area contributed by atoms with E-state index in [0.717, 1.165) is 24.3 Å². The van der Waals surface area contributed by atoms with Gasteiger partial charge in [0, 0.05) is 17.7 Å². The fourth-order valence-corrected chi connectivity index (χ4v) is 3.60. The summed E-state index contributed by atoms with van der Waals surface area (Å²) >= 11 is 0. The van der Waals surface area contributed by atoms with Crippen molar-refractivity contribution in [1.82, 2.24) is 9.78 Å². The monoisotopic (exact) mass is 331 g/mol. The lowest BCUT2D eigenvalue weighted by Gasteiger charge is -2.10. The number of rotatable bonds is 2. The predicted octanol–water partition coefficient (Wildman–Crippen LogP) is 5.21. The Balaban J connectivity index is 1.93. The minimum absolute atomic E-state index is 1.01. The van der Waals surface area contributed by atoms with Crippen molar-refractivity contribution in [3.8, 4) is 16.9 Å². The van der Waals surface area contributed by atoms with Gasteiger partial charge in [-0.15, -0.1) is 0 Å². The van der Waals surface area contributed by atoms with Crippen LogP contribution in [0.25, 0.3) is 16.9 Å². The van der Waals surface area contributed by atoms with Crippen molar-refractivity contribution in [2.24, 2.45) is 0 Å². The maximum absolute atomic E-state index is 5.06. The summed E-state index contributed by atoms with van der Waals surface area (Å²) in [6.45, 7) is 7.49. The second kappa shape index (κ2) is 6.40. The minimum atomic E-state index is 1.01. The Morgan fingerprint density at radius 1 is 0.920 bits per heavy atom. The molecule has 0 fully saturated rings. The van der Waals surface area contributed by atoms with Crippen LogP contribution in [0.4, 0.5) is 5.82 Å². The van der Waals surface area contributed by atoms with Crippen molar-refractivity contribution < 1.29 is 0 Å². The summed E-state index contributed by atoms with van der Waals surface area (Å²) in [6.07, 6.45) is 3.49. The van der Waals surface area contributed by atoms with Crippen molar-refractivity contribution in [2.45, 2.75) is 40.0 Å². The van der Waals surface area contributed by atoms with E-state index in [1.807, 2.05) is 0 Å². The molecule has 1 aromatic heterocycles. The SMILES string of the molecule is Cc1ccc(-n2nc(-c3ccccc3C)c3c2NCCCC3)cc1C. The Labute approximate surface area is 149 Å². The van der Waals surface area contributed by atoms with Gasteiger partial charge in [0.25, 0.3) is 0 Å². The Kier molecular flexibility index (Phi) is 4.08.